The quantitative estimate of drug-likeness (QED) is 0.301. The lowest BCUT2D eigenvalue weighted by Gasteiger charge is -2.42. The molecule has 0 spiro atoms. The summed E-state index contributed by atoms with van der Waals surface area (Å²) >= 11 is 0. The second kappa shape index (κ2) is 7.50. The van der Waals surface area contributed by atoms with Gasteiger partial charge in [0.05, 0.1) is 5.41 Å². The molecule has 0 heterocycles. The van der Waals surface area contributed by atoms with E-state index in [0.717, 1.165) is 6.42 Å². The summed E-state index contributed by atoms with van der Waals surface area (Å²) in [4.78, 5) is 0. The van der Waals surface area contributed by atoms with Crippen LogP contribution in [0.4, 0.5) is 0 Å². The van der Waals surface area contributed by atoms with E-state index in [1.165, 1.54) is 44.5 Å². The normalized spacial score (nSPS) is 16.5. The molecule has 1 atom stereocenters. The van der Waals surface area contributed by atoms with Crippen molar-refractivity contribution in [1.82, 2.24) is 0 Å². The van der Waals surface area contributed by atoms with Gasteiger partial charge in [-0.05, 0) is 52.3 Å². The molecule has 0 heteroatoms. The Morgan fingerprint density at radius 1 is 0.688 bits per heavy atom. The van der Waals surface area contributed by atoms with Gasteiger partial charge in [0, 0.05) is 5.92 Å². The third-order valence-electron chi connectivity index (χ3n) is 7.21. The molecule has 1 unspecified atom stereocenters. The van der Waals surface area contributed by atoms with Gasteiger partial charge < -0.3 is 0 Å². The van der Waals surface area contributed by atoms with E-state index in [-0.39, 0.29) is 11.3 Å². The summed E-state index contributed by atoms with van der Waals surface area (Å²) in [5.74, 6) is 0.212. The predicted molar refractivity (Wildman–Crippen MR) is 135 cm³/mol. The summed E-state index contributed by atoms with van der Waals surface area (Å²) in [7, 11) is 0. The van der Waals surface area contributed by atoms with Crippen LogP contribution in [-0.2, 0) is 11.8 Å². The number of rotatable bonds is 4. The van der Waals surface area contributed by atoms with Gasteiger partial charge in [0.1, 0.15) is 0 Å². The fourth-order valence-electron chi connectivity index (χ4n) is 5.91. The molecule has 0 radical (unpaired) electrons. The highest BCUT2D eigenvalue weighted by Crippen LogP contribution is 2.55. The van der Waals surface area contributed by atoms with Crippen LogP contribution in [0.3, 0.4) is 0 Å². The van der Waals surface area contributed by atoms with Gasteiger partial charge in [0.15, 0.2) is 0 Å². The van der Waals surface area contributed by atoms with E-state index in [1.807, 2.05) is 0 Å². The van der Waals surface area contributed by atoms with Gasteiger partial charge in [0.2, 0.25) is 0 Å². The Kier molecular flexibility index (Phi) is 4.47. The fourth-order valence-corrected chi connectivity index (χ4v) is 5.91. The molecule has 4 aromatic rings. The first-order chi connectivity index (χ1) is 15.8. The van der Waals surface area contributed by atoms with Crippen molar-refractivity contribution in [3.05, 3.63) is 154 Å². The summed E-state index contributed by atoms with van der Waals surface area (Å²) in [5.41, 5.74) is 10.7. The van der Waals surface area contributed by atoms with E-state index in [2.05, 4.69) is 128 Å². The van der Waals surface area contributed by atoms with Crippen molar-refractivity contribution >= 4 is 12.2 Å². The standard InChI is InChI=1S/C32H26/c1-23-21-25-12-10-18-30(29(25)22-23)32(26-13-4-2-5-14-26,27-15-6-3-7-16-27)31-20-19-24-11-8-9-17-28(24)31/h2-20,22,31H,21H2,1H3. The van der Waals surface area contributed by atoms with Crippen LogP contribution in [0.25, 0.3) is 12.2 Å². The lowest BCUT2D eigenvalue weighted by atomic mass is 9.59. The van der Waals surface area contributed by atoms with E-state index >= 15 is 0 Å². The molecule has 0 bridgehead atoms. The molecule has 32 heavy (non-hydrogen) atoms. The van der Waals surface area contributed by atoms with Crippen LogP contribution >= 0.6 is 0 Å². The third kappa shape index (κ3) is 2.76. The van der Waals surface area contributed by atoms with Crippen molar-refractivity contribution < 1.29 is 0 Å². The van der Waals surface area contributed by atoms with Crippen LogP contribution in [0.1, 0.15) is 51.8 Å². The lowest BCUT2D eigenvalue weighted by Crippen LogP contribution is -2.36. The van der Waals surface area contributed by atoms with Gasteiger partial charge in [0.25, 0.3) is 0 Å². The smallest absolute Gasteiger partial charge is 0.0560 e. The molecule has 0 fully saturated rings. The molecule has 154 valence electrons. The summed E-state index contributed by atoms with van der Waals surface area (Å²) in [6.45, 7) is 2.25. The van der Waals surface area contributed by atoms with Crippen LogP contribution in [0.15, 0.2) is 115 Å². The van der Waals surface area contributed by atoms with E-state index in [4.69, 9.17) is 0 Å². The number of fused-ring (bicyclic) bond motifs is 2. The SMILES string of the molecule is CC1=Cc2c(cccc2C(c2ccccc2)(c2ccccc2)C2C=Cc3ccccc32)C1. The zero-order valence-corrected chi connectivity index (χ0v) is 18.3. The summed E-state index contributed by atoms with van der Waals surface area (Å²) in [6.07, 6.45) is 8.19. The van der Waals surface area contributed by atoms with E-state index in [0.29, 0.717) is 0 Å². The molecular weight excluding hydrogens is 384 g/mol. The molecule has 6 rings (SSSR count). The van der Waals surface area contributed by atoms with Crippen molar-refractivity contribution in [2.24, 2.45) is 0 Å². The minimum atomic E-state index is -0.321. The average Bonchev–Trinajstić information content (AvgIpc) is 3.45. The molecule has 0 saturated heterocycles. The summed E-state index contributed by atoms with van der Waals surface area (Å²) in [6, 6.07) is 38.0. The minimum Gasteiger partial charge on any atom is -0.0748 e. The van der Waals surface area contributed by atoms with Crippen LogP contribution in [0.5, 0.6) is 0 Å². The summed E-state index contributed by atoms with van der Waals surface area (Å²) < 4.78 is 0. The van der Waals surface area contributed by atoms with Gasteiger partial charge >= 0.3 is 0 Å². The maximum atomic E-state index is 2.43. The van der Waals surface area contributed by atoms with E-state index in [9.17, 15) is 0 Å². The Morgan fingerprint density at radius 2 is 1.34 bits per heavy atom. The van der Waals surface area contributed by atoms with Crippen LogP contribution in [-0.4, -0.2) is 0 Å². The van der Waals surface area contributed by atoms with Crippen LogP contribution in [0, 0.1) is 0 Å². The largest absolute Gasteiger partial charge is 0.0748 e. The van der Waals surface area contributed by atoms with Gasteiger partial charge in [-0.25, -0.2) is 0 Å². The first-order valence-corrected chi connectivity index (χ1v) is 11.5. The van der Waals surface area contributed by atoms with Crippen LogP contribution in [0.2, 0.25) is 0 Å². The number of benzene rings is 4. The predicted octanol–water partition coefficient (Wildman–Crippen LogP) is 7.79. The topological polar surface area (TPSA) is 0 Å². The monoisotopic (exact) mass is 410 g/mol. The highest BCUT2D eigenvalue weighted by atomic mass is 14.5. The number of hydrogen-bond acceptors (Lipinski definition) is 0. The molecular formula is C32H26. The maximum absolute atomic E-state index is 2.43. The van der Waals surface area contributed by atoms with Crippen LogP contribution < -0.4 is 0 Å². The number of allylic oxidation sites excluding steroid dienone is 2. The molecule has 0 aromatic heterocycles. The maximum Gasteiger partial charge on any atom is 0.0560 e. The van der Waals surface area contributed by atoms with Gasteiger partial charge in [-0.3, -0.25) is 0 Å². The van der Waals surface area contributed by atoms with Gasteiger partial charge in [-0.15, -0.1) is 0 Å². The Bertz CT molecular complexity index is 1300. The molecule has 4 aromatic carbocycles. The molecule has 0 nitrogen and oxygen atoms in total. The fraction of sp³-hybridized carbons (Fsp3) is 0.125. The molecule has 0 saturated carbocycles. The molecule has 2 aliphatic rings. The molecule has 0 amide bonds. The van der Waals surface area contributed by atoms with Gasteiger partial charge in [-0.2, -0.15) is 0 Å². The second-order valence-electron chi connectivity index (χ2n) is 9.05. The van der Waals surface area contributed by atoms with Crippen molar-refractivity contribution in [3.63, 3.8) is 0 Å². The lowest BCUT2D eigenvalue weighted by molar-refractivity contribution is 0.554. The van der Waals surface area contributed by atoms with Crippen molar-refractivity contribution in [1.29, 1.82) is 0 Å². The Balaban J connectivity index is 1.76. The Labute approximate surface area is 190 Å². The first kappa shape index (κ1) is 19.1. The Morgan fingerprint density at radius 3 is 2.06 bits per heavy atom. The zero-order valence-electron chi connectivity index (χ0n) is 18.3. The Hall–Kier alpha value is -3.64. The first-order valence-electron chi connectivity index (χ1n) is 11.5. The molecule has 2 aliphatic carbocycles. The molecule has 0 aliphatic heterocycles. The third-order valence-corrected chi connectivity index (χ3v) is 7.21. The highest BCUT2D eigenvalue weighted by Gasteiger charge is 2.46. The van der Waals surface area contributed by atoms with E-state index < -0.39 is 0 Å². The molecule has 0 N–H and O–H groups in total. The van der Waals surface area contributed by atoms with Crippen molar-refractivity contribution in [2.45, 2.75) is 24.7 Å². The number of hydrogen-bond donors (Lipinski definition) is 0. The zero-order chi connectivity index (χ0) is 21.5. The minimum absolute atomic E-state index is 0.212. The van der Waals surface area contributed by atoms with E-state index in [1.54, 1.807) is 0 Å². The average molecular weight is 411 g/mol. The summed E-state index contributed by atoms with van der Waals surface area (Å²) in [5, 5.41) is 0. The van der Waals surface area contributed by atoms with Crippen molar-refractivity contribution in [2.75, 3.05) is 0 Å². The van der Waals surface area contributed by atoms with Crippen molar-refractivity contribution in [3.8, 4) is 0 Å². The van der Waals surface area contributed by atoms with Gasteiger partial charge in [-0.1, -0.05) is 127 Å². The highest BCUT2D eigenvalue weighted by molar-refractivity contribution is 5.74. The second-order valence-corrected chi connectivity index (χ2v) is 9.05.